The highest BCUT2D eigenvalue weighted by Crippen LogP contribution is 2.29. The van der Waals surface area contributed by atoms with Crippen LogP contribution in [0.2, 0.25) is 0 Å². The molecule has 2 aromatic carbocycles. The molecule has 0 amide bonds. The lowest BCUT2D eigenvalue weighted by Gasteiger charge is -2.13. The molecule has 0 aliphatic rings. The molecule has 0 N–H and O–H groups in total. The van der Waals surface area contributed by atoms with Crippen molar-refractivity contribution in [1.29, 1.82) is 0 Å². The van der Waals surface area contributed by atoms with Crippen molar-refractivity contribution in [1.82, 2.24) is 14.6 Å². The molecule has 7 heteroatoms. The summed E-state index contributed by atoms with van der Waals surface area (Å²) in [5.74, 6) is 2.48. The third-order valence-corrected chi connectivity index (χ3v) is 5.90. The highest BCUT2D eigenvalue weighted by Gasteiger charge is 2.10. The van der Waals surface area contributed by atoms with Crippen molar-refractivity contribution in [2.24, 2.45) is 5.92 Å². The van der Waals surface area contributed by atoms with E-state index in [-0.39, 0.29) is 5.56 Å². The Bertz CT molecular complexity index is 1360. The molecular formula is C26H27N3O3S. The first-order valence-corrected chi connectivity index (χ1v) is 11.9. The quantitative estimate of drug-likeness (QED) is 0.362. The smallest absolute Gasteiger partial charge is 0.291 e. The predicted molar refractivity (Wildman–Crippen MR) is 134 cm³/mol. The summed E-state index contributed by atoms with van der Waals surface area (Å²) in [4.78, 5) is 17.9. The van der Waals surface area contributed by atoms with Crippen LogP contribution in [0, 0.1) is 5.92 Å². The first kappa shape index (κ1) is 22.7. The average molecular weight is 462 g/mol. The van der Waals surface area contributed by atoms with Crippen LogP contribution >= 0.6 is 11.3 Å². The number of nitrogens with zero attached hydrogens (tertiary/aromatic N) is 3. The van der Waals surface area contributed by atoms with Crippen LogP contribution in [0.1, 0.15) is 44.1 Å². The molecule has 0 saturated carbocycles. The second-order valence-corrected chi connectivity index (χ2v) is 9.00. The van der Waals surface area contributed by atoms with Gasteiger partial charge in [0.15, 0.2) is 17.3 Å². The molecule has 0 bridgehead atoms. The van der Waals surface area contributed by atoms with Gasteiger partial charge < -0.3 is 9.47 Å². The molecule has 2 aromatic heterocycles. The van der Waals surface area contributed by atoms with Crippen LogP contribution in [-0.4, -0.2) is 27.8 Å². The lowest BCUT2D eigenvalue weighted by Crippen LogP contribution is -2.23. The summed E-state index contributed by atoms with van der Waals surface area (Å²) in [5, 5.41) is 4.35. The van der Waals surface area contributed by atoms with E-state index >= 15 is 0 Å². The largest absolute Gasteiger partial charge is 0.490 e. The summed E-state index contributed by atoms with van der Waals surface area (Å²) in [6, 6.07) is 15.6. The molecule has 2 heterocycles. The first-order valence-electron chi connectivity index (χ1n) is 11.1. The van der Waals surface area contributed by atoms with E-state index in [2.05, 4.69) is 23.9 Å². The zero-order valence-corrected chi connectivity index (χ0v) is 19.8. The fraction of sp³-hybridized carbons (Fsp3) is 0.269. The Balaban J connectivity index is 1.58. The Morgan fingerprint density at radius 1 is 1.03 bits per heavy atom. The highest BCUT2D eigenvalue weighted by molar-refractivity contribution is 7.15. The van der Waals surface area contributed by atoms with E-state index in [0.29, 0.717) is 40.2 Å². The molecule has 0 fully saturated rings. The van der Waals surface area contributed by atoms with E-state index in [9.17, 15) is 4.79 Å². The Kier molecular flexibility index (Phi) is 7.19. The number of ether oxygens (including phenoxy) is 2. The molecule has 0 spiro atoms. The molecule has 0 aliphatic carbocycles. The molecule has 4 rings (SSSR count). The number of thiazole rings is 1. The number of rotatable bonds is 9. The van der Waals surface area contributed by atoms with E-state index < -0.39 is 0 Å². The summed E-state index contributed by atoms with van der Waals surface area (Å²) < 4.78 is 13.6. The van der Waals surface area contributed by atoms with Gasteiger partial charge in [0, 0.05) is 0 Å². The first-order chi connectivity index (χ1) is 16.0. The van der Waals surface area contributed by atoms with Crippen LogP contribution in [0.4, 0.5) is 0 Å². The number of hydrogen-bond donors (Lipinski definition) is 0. The Labute approximate surface area is 196 Å². The maximum Gasteiger partial charge on any atom is 0.291 e. The molecule has 0 saturated heterocycles. The molecule has 4 aromatic rings. The van der Waals surface area contributed by atoms with Crippen LogP contribution in [0.5, 0.6) is 11.5 Å². The SMILES string of the molecule is CCOc1cc(/C=c2\sc3nc(/C=C/c4ccccc4)nn3c2=O)ccc1OCCC(C)C. The minimum absolute atomic E-state index is 0.183. The van der Waals surface area contributed by atoms with Gasteiger partial charge in [-0.1, -0.05) is 67.7 Å². The minimum Gasteiger partial charge on any atom is -0.490 e. The molecule has 0 unspecified atom stereocenters. The van der Waals surface area contributed by atoms with Gasteiger partial charge in [-0.3, -0.25) is 4.79 Å². The van der Waals surface area contributed by atoms with Crippen molar-refractivity contribution in [3.63, 3.8) is 0 Å². The van der Waals surface area contributed by atoms with Crippen molar-refractivity contribution in [2.75, 3.05) is 13.2 Å². The van der Waals surface area contributed by atoms with Gasteiger partial charge in [-0.2, -0.15) is 9.50 Å². The Hall–Kier alpha value is -3.45. The molecule has 0 radical (unpaired) electrons. The van der Waals surface area contributed by atoms with Gasteiger partial charge >= 0.3 is 0 Å². The second kappa shape index (κ2) is 10.4. The lowest BCUT2D eigenvalue weighted by molar-refractivity contribution is 0.261. The summed E-state index contributed by atoms with van der Waals surface area (Å²) in [5.41, 5.74) is 1.73. The Morgan fingerprint density at radius 3 is 2.58 bits per heavy atom. The van der Waals surface area contributed by atoms with Crippen LogP contribution in [0.25, 0.3) is 23.2 Å². The van der Waals surface area contributed by atoms with Gasteiger partial charge in [0.2, 0.25) is 4.96 Å². The van der Waals surface area contributed by atoms with Crippen LogP contribution in [-0.2, 0) is 0 Å². The summed E-state index contributed by atoms with van der Waals surface area (Å²) in [6.45, 7) is 7.45. The zero-order valence-electron chi connectivity index (χ0n) is 19.0. The van der Waals surface area contributed by atoms with Crippen molar-refractivity contribution < 1.29 is 9.47 Å². The number of benzene rings is 2. The van der Waals surface area contributed by atoms with Gasteiger partial charge in [-0.15, -0.1) is 5.10 Å². The number of hydrogen-bond acceptors (Lipinski definition) is 6. The van der Waals surface area contributed by atoms with Gasteiger partial charge in [0.25, 0.3) is 5.56 Å². The fourth-order valence-corrected chi connectivity index (χ4v) is 4.13. The van der Waals surface area contributed by atoms with Crippen molar-refractivity contribution >= 4 is 34.5 Å². The van der Waals surface area contributed by atoms with Crippen molar-refractivity contribution in [3.05, 3.63) is 80.4 Å². The summed E-state index contributed by atoms with van der Waals surface area (Å²) in [6.07, 6.45) is 6.55. The van der Waals surface area contributed by atoms with Crippen LogP contribution < -0.4 is 19.6 Å². The summed E-state index contributed by atoms with van der Waals surface area (Å²) >= 11 is 1.32. The maximum absolute atomic E-state index is 12.9. The van der Waals surface area contributed by atoms with Gasteiger partial charge in [0.1, 0.15) is 0 Å². The normalized spacial score (nSPS) is 12.3. The number of fused-ring (bicyclic) bond motifs is 1. The van der Waals surface area contributed by atoms with Gasteiger partial charge in [0.05, 0.1) is 17.7 Å². The van der Waals surface area contributed by atoms with E-state index in [4.69, 9.17) is 9.47 Å². The fourth-order valence-electron chi connectivity index (χ4n) is 3.21. The maximum atomic E-state index is 12.9. The molecular weight excluding hydrogens is 434 g/mol. The zero-order chi connectivity index (χ0) is 23.2. The van der Waals surface area contributed by atoms with Crippen molar-refractivity contribution in [3.8, 4) is 11.5 Å². The lowest BCUT2D eigenvalue weighted by atomic mass is 10.1. The molecule has 170 valence electrons. The predicted octanol–water partition coefficient (Wildman–Crippen LogP) is 4.69. The highest BCUT2D eigenvalue weighted by atomic mass is 32.1. The van der Waals surface area contributed by atoms with Crippen LogP contribution in [0.3, 0.4) is 0 Å². The summed E-state index contributed by atoms with van der Waals surface area (Å²) in [7, 11) is 0. The topological polar surface area (TPSA) is 65.7 Å². The standard InChI is InChI=1S/C26H27N3O3S/c1-4-31-22-16-20(10-12-21(22)32-15-14-18(2)3)17-23-25(30)29-26(33-23)27-24(28-29)13-11-19-8-6-5-7-9-19/h5-13,16-18H,4,14-15H2,1-3H3/b13-11+,23-17-. The Morgan fingerprint density at radius 2 is 1.85 bits per heavy atom. The van der Waals surface area contributed by atoms with E-state index in [0.717, 1.165) is 23.3 Å². The minimum atomic E-state index is -0.183. The van der Waals surface area contributed by atoms with Gasteiger partial charge in [-0.05, 0) is 54.7 Å². The second-order valence-electron chi connectivity index (χ2n) is 7.99. The van der Waals surface area contributed by atoms with Crippen LogP contribution in [0.15, 0.2) is 53.3 Å². The van der Waals surface area contributed by atoms with E-state index in [1.807, 2.05) is 73.7 Å². The molecule has 33 heavy (non-hydrogen) atoms. The van der Waals surface area contributed by atoms with Crippen molar-refractivity contribution in [2.45, 2.75) is 27.2 Å². The molecule has 0 atom stereocenters. The average Bonchev–Trinajstić information content (AvgIpc) is 3.33. The number of aromatic nitrogens is 3. The van der Waals surface area contributed by atoms with E-state index in [1.54, 1.807) is 0 Å². The van der Waals surface area contributed by atoms with Gasteiger partial charge in [-0.25, -0.2) is 0 Å². The van der Waals surface area contributed by atoms with E-state index in [1.165, 1.54) is 15.9 Å². The third-order valence-electron chi connectivity index (χ3n) is 4.94. The molecule has 0 aliphatic heterocycles. The molecule has 6 nitrogen and oxygen atoms in total. The third kappa shape index (κ3) is 5.68. The monoisotopic (exact) mass is 461 g/mol.